The molecule has 1 aliphatic rings. The van der Waals surface area contributed by atoms with E-state index in [0.717, 1.165) is 37.9 Å². The van der Waals surface area contributed by atoms with E-state index in [9.17, 15) is 4.39 Å². The molecule has 1 fully saturated rings. The number of hydrogen-bond acceptors (Lipinski definition) is 2. The van der Waals surface area contributed by atoms with Gasteiger partial charge in [0.2, 0.25) is 0 Å². The third kappa shape index (κ3) is 4.67. The van der Waals surface area contributed by atoms with Gasteiger partial charge in [-0.05, 0) is 36.3 Å². The maximum Gasteiger partial charge on any atom is 0.144 e. The van der Waals surface area contributed by atoms with E-state index in [2.05, 4.69) is 5.32 Å². The Bertz CT molecular complexity index is 446. The van der Waals surface area contributed by atoms with Gasteiger partial charge in [0, 0.05) is 20.2 Å². The Morgan fingerprint density at radius 2 is 2.05 bits per heavy atom. The summed E-state index contributed by atoms with van der Waals surface area (Å²) in [5, 5.41) is 3.70. The molecule has 0 unspecified atom stereocenters. The number of benzene rings is 1. The zero-order valence-electron chi connectivity index (χ0n) is 12.8. The standard InChI is InChI=1S/C17H25ClFNO/c1-21-11-10-20-13-17(8-3-2-4-9-17)12-14-6-5-7-15(18)16(14)19/h5-7,20H,2-4,8-13H2,1H3. The number of nitrogens with one attached hydrogen (secondary N) is 1. The van der Waals surface area contributed by atoms with Crippen LogP contribution in [-0.4, -0.2) is 26.8 Å². The molecule has 2 rings (SSSR count). The Balaban J connectivity index is 2.06. The van der Waals surface area contributed by atoms with E-state index in [1.165, 1.54) is 19.3 Å². The highest BCUT2D eigenvalue weighted by Gasteiger charge is 2.32. The smallest absolute Gasteiger partial charge is 0.144 e. The van der Waals surface area contributed by atoms with Crippen LogP contribution in [-0.2, 0) is 11.2 Å². The fourth-order valence-electron chi connectivity index (χ4n) is 3.33. The van der Waals surface area contributed by atoms with Crippen molar-refractivity contribution in [1.29, 1.82) is 0 Å². The van der Waals surface area contributed by atoms with E-state index in [1.54, 1.807) is 13.2 Å². The van der Waals surface area contributed by atoms with Gasteiger partial charge in [0.15, 0.2) is 0 Å². The number of rotatable bonds is 7. The van der Waals surface area contributed by atoms with Crippen molar-refractivity contribution in [2.45, 2.75) is 38.5 Å². The van der Waals surface area contributed by atoms with Crippen molar-refractivity contribution in [2.75, 3.05) is 26.8 Å². The van der Waals surface area contributed by atoms with Crippen LogP contribution in [0.3, 0.4) is 0 Å². The Morgan fingerprint density at radius 1 is 1.29 bits per heavy atom. The van der Waals surface area contributed by atoms with Crippen LogP contribution >= 0.6 is 11.6 Å². The summed E-state index contributed by atoms with van der Waals surface area (Å²) in [7, 11) is 1.71. The molecule has 118 valence electrons. The number of hydrogen-bond donors (Lipinski definition) is 1. The van der Waals surface area contributed by atoms with Crippen molar-refractivity contribution in [2.24, 2.45) is 5.41 Å². The highest BCUT2D eigenvalue weighted by molar-refractivity contribution is 6.30. The van der Waals surface area contributed by atoms with Crippen LogP contribution in [0.15, 0.2) is 18.2 Å². The Kier molecular flexibility index (Phi) is 6.46. The molecule has 0 atom stereocenters. The fourth-order valence-corrected chi connectivity index (χ4v) is 3.53. The lowest BCUT2D eigenvalue weighted by Crippen LogP contribution is -2.39. The van der Waals surface area contributed by atoms with Crippen LogP contribution in [0.5, 0.6) is 0 Å². The highest BCUT2D eigenvalue weighted by Crippen LogP contribution is 2.39. The predicted octanol–water partition coefficient (Wildman–Crippen LogP) is 4.21. The number of methoxy groups -OCH3 is 1. The molecule has 0 radical (unpaired) electrons. The first-order chi connectivity index (χ1) is 10.2. The van der Waals surface area contributed by atoms with E-state index in [4.69, 9.17) is 16.3 Å². The topological polar surface area (TPSA) is 21.3 Å². The van der Waals surface area contributed by atoms with E-state index in [1.807, 2.05) is 12.1 Å². The molecule has 1 aromatic rings. The second-order valence-corrected chi connectivity index (χ2v) is 6.53. The third-order valence-electron chi connectivity index (χ3n) is 4.49. The molecule has 21 heavy (non-hydrogen) atoms. The minimum Gasteiger partial charge on any atom is -0.383 e. The van der Waals surface area contributed by atoms with Crippen molar-refractivity contribution in [3.05, 3.63) is 34.6 Å². The summed E-state index contributed by atoms with van der Waals surface area (Å²) in [6.45, 7) is 2.47. The van der Waals surface area contributed by atoms with Crippen LogP contribution in [0, 0.1) is 11.2 Å². The summed E-state index contributed by atoms with van der Waals surface area (Å²) in [6, 6.07) is 5.33. The van der Waals surface area contributed by atoms with Gasteiger partial charge in [0.05, 0.1) is 11.6 Å². The minimum absolute atomic E-state index is 0.150. The quantitative estimate of drug-likeness (QED) is 0.761. The van der Waals surface area contributed by atoms with Crippen molar-refractivity contribution >= 4 is 11.6 Å². The molecular formula is C17H25ClFNO. The van der Waals surface area contributed by atoms with Gasteiger partial charge in [-0.1, -0.05) is 43.0 Å². The van der Waals surface area contributed by atoms with Gasteiger partial charge < -0.3 is 10.1 Å². The average Bonchev–Trinajstić information content (AvgIpc) is 2.50. The average molecular weight is 314 g/mol. The summed E-state index contributed by atoms with van der Waals surface area (Å²) in [4.78, 5) is 0. The van der Waals surface area contributed by atoms with E-state index in [0.29, 0.717) is 6.61 Å². The first kappa shape index (κ1) is 16.7. The van der Waals surface area contributed by atoms with Gasteiger partial charge in [-0.3, -0.25) is 0 Å². The van der Waals surface area contributed by atoms with Crippen LogP contribution in [0.4, 0.5) is 4.39 Å². The molecule has 1 N–H and O–H groups in total. The molecule has 0 aromatic heterocycles. The summed E-state index contributed by atoms with van der Waals surface area (Å²) in [6.07, 6.45) is 6.82. The zero-order valence-corrected chi connectivity index (χ0v) is 13.5. The molecule has 0 bridgehead atoms. The fraction of sp³-hybridized carbons (Fsp3) is 0.647. The number of ether oxygens (including phenoxy) is 1. The molecule has 0 aliphatic heterocycles. The number of halogens is 2. The van der Waals surface area contributed by atoms with Gasteiger partial charge in [-0.25, -0.2) is 4.39 Å². The second-order valence-electron chi connectivity index (χ2n) is 6.12. The zero-order chi connectivity index (χ0) is 15.1. The Labute approximate surface area is 132 Å². The lowest BCUT2D eigenvalue weighted by Gasteiger charge is -2.38. The van der Waals surface area contributed by atoms with Gasteiger partial charge in [0.25, 0.3) is 0 Å². The summed E-state index contributed by atoms with van der Waals surface area (Å²) in [5.74, 6) is -0.249. The Morgan fingerprint density at radius 3 is 2.76 bits per heavy atom. The van der Waals surface area contributed by atoms with Crippen molar-refractivity contribution < 1.29 is 9.13 Å². The summed E-state index contributed by atoms with van der Waals surface area (Å²) >= 11 is 5.92. The molecular weight excluding hydrogens is 289 g/mol. The molecule has 4 heteroatoms. The van der Waals surface area contributed by atoms with Crippen molar-refractivity contribution in [3.8, 4) is 0 Å². The predicted molar refractivity (Wildman–Crippen MR) is 85.4 cm³/mol. The van der Waals surface area contributed by atoms with E-state index >= 15 is 0 Å². The monoisotopic (exact) mass is 313 g/mol. The van der Waals surface area contributed by atoms with Gasteiger partial charge in [-0.15, -0.1) is 0 Å². The molecule has 0 amide bonds. The molecule has 0 saturated heterocycles. The molecule has 0 heterocycles. The van der Waals surface area contributed by atoms with Gasteiger partial charge >= 0.3 is 0 Å². The minimum atomic E-state index is -0.249. The normalized spacial score (nSPS) is 17.9. The van der Waals surface area contributed by atoms with Crippen LogP contribution < -0.4 is 5.32 Å². The molecule has 1 saturated carbocycles. The maximum atomic E-state index is 14.2. The van der Waals surface area contributed by atoms with E-state index < -0.39 is 0 Å². The lowest BCUT2D eigenvalue weighted by molar-refractivity contribution is 0.161. The van der Waals surface area contributed by atoms with Crippen LogP contribution in [0.25, 0.3) is 0 Å². The van der Waals surface area contributed by atoms with E-state index in [-0.39, 0.29) is 16.3 Å². The summed E-state index contributed by atoms with van der Waals surface area (Å²) in [5.41, 5.74) is 0.898. The van der Waals surface area contributed by atoms with Gasteiger partial charge in [-0.2, -0.15) is 0 Å². The maximum absolute atomic E-state index is 14.2. The summed E-state index contributed by atoms with van der Waals surface area (Å²) < 4.78 is 19.3. The lowest BCUT2D eigenvalue weighted by atomic mass is 9.70. The molecule has 1 aliphatic carbocycles. The van der Waals surface area contributed by atoms with Crippen molar-refractivity contribution in [3.63, 3.8) is 0 Å². The molecule has 2 nitrogen and oxygen atoms in total. The van der Waals surface area contributed by atoms with Crippen molar-refractivity contribution in [1.82, 2.24) is 5.32 Å². The first-order valence-electron chi connectivity index (χ1n) is 7.79. The molecule has 1 aromatic carbocycles. The first-order valence-corrected chi connectivity index (χ1v) is 8.17. The molecule has 0 spiro atoms. The van der Waals surface area contributed by atoms with Crippen LogP contribution in [0.1, 0.15) is 37.7 Å². The van der Waals surface area contributed by atoms with Gasteiger partial charge in [0.1, 0.15) is 5.82 Å². The third-order valence-corrected chi connectivity index (χ3v) is 4.79. The largest absolute Gasteiger partial charge is 0.383 e. The Hall–Kier alpha value is -0.640. The second kappa shape index (κ2) is 8.11. The van der Waals surface area contributed by atoms with Crippen LogP contribution in [0.2, 0.25) is 5.02 Å². The highest BCUT2D eigenvalue weighted by atomic mass is 35.5. The SMILES string of the molecule is COCCNCC1(Cc2cccc(Cl)c2F)CCCCC1.